The molecule has 0 N–H and O–H groups in total. The number of rotatable bonds is 7. The first-order valence-electron chi connectivity index (χ1n) is 18.9. The highest BCUT2D eigenvalue weighted by Crippen LogP contribution is 2.38. The van der Waals surface area contributed by atoms with E-state index in [4.69, 9.17) is 15.0 Å². The van der Waals surface area contributed by atoms with Crippen LogP contribution in [0.3, 0.4) is 0 Å². The Hall–Kier alpha value is -7.49. The number of nitrogens with zero attached hydrogens (tertiary/aromatic N) is 3. The first kappa shape index (κ1) is 33.1. The van der Waals surface area contributed by atoms with Gasteiger partial charge in [0.1, 0.15) is 0 Å². The van der Waals surface area contributed by atoms with Crippen LogP contribution in [0, 0.1) is 0 Å². The maximum absolute atomic E-state index is 5.18. The molecule has 0 atom stereocenters. The molecule has 0 spiro atoms. The van der Waals surface area contributed by atoms with Crippen LogP contribution in [0.4, 0.5) is 0 Å². The predicted octanol–water partition coefficient (Wildman–Crippen LogP) is 13.8. The van der Waals surface area contributed by atoms with Crippen LogP contribution < -0.4 is 0 Å². The lowest BCUT2D eigenvalue weighted by Gasteiger charge is -2.14. The van der Waals surface area contributed by atoms with Crippen molar-refractivity contribution in [3.63, 3.8) is 0 Å². The summed E-state index contributed by atoms with van der Waals surface area (Å²) in [5, 5.41) is 3.56. The third-order valence-electron chi connectivity index (χ3n) is 10.5. The largest absolute Gasteiger partial charge is 0.248 e. The molecular weight excluding hydrogens is 679 g/mol. The van der Waals surface area contributed by atoms with Gasteiger partial charge in [-0.15, -0.1) is 0 Å². The molecule has 262 valence electrons. The summed E-state index contributed by atoms with van der Waals surface area (Å²) in [7, 11) is 0. The summed E-state index contributed by atoms with van der Waals surface area (Å²) < 4.78 is 0. The molecule has 2 aromatic heterocycles. The van der Waals surface area contributed by atoms with Crippen LogP contribution in [-0.4, -0.2) is 15.0 Å². The van der Waals surface area contributed by atoms with Gasteiger partial charge in [-0.2, -0.15) is 0 Å². The highest BCUT2D eigenvalue weighted by molar-refractivity contribution is 6.14. The van der Waals surface area contributed by atoms with Crippen molar-refractivity contribution in [2.24, 2.45) is 0 Å². The van der Waals surface area contributed by atoms with Crippen molar-refractivity contribution in [2.75, 3.05) is 0 Å². The molecule has 2 heterocycles. The number of hydrogen-bond donors (Lipinski definition) is 0. The lowest BCUT2D eigenvalue weighted by Crippen LogP contribution is -1.95. The average molecular weight is 714 g/mol. The van der Waals surface area contributed by atoms with E-state index in [1.54, 1.807) is 0 Å². The molecule has 0 saturated heterocycles. The molecule has 0 bridgehead atoms. The molecule has 3 nitrogen and oxygen atoms in total. The summed E-state index contributed by atoms with van der Waals surface area (Å²) in [6.45, 7) is 0. The summed E-state index contributed by atoms with van der Waals surface area (Å²) in [6, 6.07) is 74.6. The van der Waals surface area contributed by atoms with Crippen LogP contribution in [0.5, 0.6) is 0 Å². The zero-order valence-corrected chi connectivity index (χ0v) is 30.5. The van der Waals surface area contributed by atoms with Gasteiger partial charge in [0.15, 0.2) is 5.82 Å². The Morgan fingerprint density at radius 2 is 0.679 bits per heavy atom. The van der Waals surface area contributed by atoms with Gasteiger partial charge in [0.2, 0.25) is 0 Å². The van der Waals surface area contributed by atoms with Crippen molar-refractivity contribution in [1.82, 2.24) is 15.0 Å². The second kappa shape index (κ2) is 14.4. The normalized spacial score (nSPS) is 11.2. The minimum Gasteiger partial charge on any atom is -0.248 e. The Balaban J connectivity index is 0.990. The molecule has 0 saturated carbocycles. The fourth-order valence-electron chi connectivity index (χ4n) is 7.59. The van der Waals surface area contributed by atoms with E-state index in [0.717, 1.165) is 56.0 Å². The van der Waals surface area contributed by atoms with E-state index in [-0.39, 0.29) is 0 Å². The zero-order valence-electron chi connectivity index (χ0n) is 30.5. The third kappa shape index (κ3) is 6.42. The second-order valence-corrected chi connectivity index (χ2v) is 14.0. The SMILES string of the molecule is c1ccc(-c2cc(-c3ccc(-c4ccc(-c5ccc6ccc7nc(-c8ccccc8)cc(-c8ccccc8)c7c6c5)cc4)cc3)nc(-c3ccccc3)n2)cc1. The van der Waals surface area contributed by atoms with E-state index in [1.807, 2.05) is 42.5 Å². The molecule has 0 aliphatic rings. The maximum Gasteiger partial charge on any atom is 0.160 e. The number of pyridine rings is 1. The zero-order chi connectivity index (χ0) is 37.3. The smallest absolute Gasteiger partial charge is 0.160 e. The molecule has 0 aliphatic carbocycles. The highest BCUT2D eigenvalue weighted by atomic mass is 14.9. The number of hydrogen-bond acceptors (Lipinski definition) is 3. The van der Waals surface area contributed by atoms with Crippen LogP contribution >= 0.6 is 0 Å². The molecule has 3 heteroatoms. The van der Waals surface area contributed by atoms with Crippen molar-refractivity contribution in [3.8, 4) is 78.5 Å². The number of fused-ring (bicyclic) bond motifs is 3. The van der Waals surface area contributed by atoms with E-state index >= 15 is 0 Å². The van der Waals surface area contributed by atoms with Crippen molar-refractivity contribution < 1.29 is 0 Å². The van der Waals surface area contributed by atoms with Gasteiger partial charge in [0, 0.05) is 27.6 Å². The number of aromatic nitrogens is 3. The van der Waals surface area contributed by atoms with Crippen LogP contribution in [0.25, 0.3) is 100 Å². The number of benzene rings is 8. The monoisotopic (exact) mass is 713 g/mol. The second-order valence-electron chi connectivity index (χ2n) is 14.0. The van der Waals surface area contributed by atoms with Crippen molar-refractivity contribution in [3.05, 3.63) is 212 Å². The Morgan fingerprint density at radius 3 is 1.23 bits per heavy atom. The minimum atomic E-state index is 0.716. The molecule has 8 aromatic carbocycles. The highest BCUT2D eigenvalue weighted by Gasteiger charge is 2.15. The van der Waals surface area contributed by atoms with Gasteiger partial charge in [-0.1, -0.05) is 188 Å². The quantitative estimate of drug-likeness (QED) is 0.154. The fourth-order valence-corrected chi connectivity index (χ4v) is 7.59. The van der Waals surface area contributed by atoms with Gasteiger partial charge >= 0.3 is 0 Å². The summed E-state index contributed by atoms with van der Waals surface area (Å²) >= 11 is 0. The molecule has 10 rings (SSSR count). The summed E-state index contributed by atoms with van der Waals surface area (Å²) in [5.74, 6) is 0.716. The van der Waals surface area contributed by atoms with Crippen LogP contribution in [0.2, 0.25) is 0 Å². The van der Waals surface area contributed by atoms with Crippen molar-refractivity contribution in [2.45, 2.75) is 0 Å². The molecule has 56 heavy (non-hydrogen) atoms. The summed E-state index contributed by atoms with van der Waals surface area (Å²) in [6.07, 6.45) is 0. The Morgan fingerprint density at radius 1 is 0.268 bits per heavy atom. The average Bonchev–Trinajstić information content (AvgIpc) is 3.29. The molecule has 0 amide bonds. The van der Waals surface area contributed by atoms with E-state index in [0.29, 0.717) is 5.82 Å². The lowest BCUT2D eigenvalue weighted by molar-refractivity contribution is 1.18. The Kier molecular flexibility index (Phi) is 8.51. The predicted molar refractivity (Wildman–Crippen MR) is 233 cm³/mol. The van der Waals surface area contributed by atoms with Gasteiger partial charge < -0.3 is 0 Å². The van der Waals surface area contributed by atoms with Gasteiger partial charge in [-0.3, -0.25) is 0 Å². The molecular formula is C53H35N3. The van der Waals surface area contributed by atoms with E-state index in [9.17, 15) is 0 Å². The first-order valence-corrected chi connectivity index (χ1v) is 18.9. The van der Waals surface area contributed by atoms with Crippen molar-refractivity contribution >= 4 is 21.7 Å². The summed E-state index contributed by atoms with van der Waals surface area (Å²) in [5.41, 5.74) is 15.0. The topological polar surface area (TPSA) is 38.7 Å². The Labute approximate surface area is 326 Å². The van der Waals surface area contributed by atoms with Gasteiger partial charge in [0.05, 0.1) is 22.6 Å². The first-order chi connectivity index (χ1) is 27.7. The maximum atomic E-state index is 5.18. The van der Waals surface area contributed by atoms with Crippen molar-refractivity contribution in [1.29, 1.82) is 0 Å². The molecule has 0 unspecified atom stereocenters. The minimum absolute atomic E-state index is 0.716. The Bertz CT molecular complexity index is 2900. The van der Waals surface area contributed by atoms with E-state index in [2.05, 4.69) is 170 Å². The van der Waals surface area contributed by atoms with Crippen LogP contribution in [0.1, 0.15) is 0 Å². The molecule has 0 radical (unpaired) electrons. The summed E-state index contributed by atoms with van der Waals surface area (Å²) in [4.78, 5) is 15.1. The standard InChI is InChI=1S/C53H35N3/c1-5-13-39(14-6-1)47-34-49(41-15-7-2-8-16-41)54-48-32-31-40-27-30-45(33-46(40)52(47)48)38-23-21-36(22-24-38)37-25-28-43(29-26-37)51-35-50(42-17-9-3-10-18-42)55-53(56-51)44-19-11-4-12-20-44/h1-35H. The van der Waals surface area contributed by atoms with Gasteiger partial charge in [-0.25, -0.2) is 15.0 Å². The molecule has 0 aliphatic heterocycles. The van der Waals surface area contributed by atoms with E-state index in [1.165, 1.54) is 38.4 Å². The molecule has 0 fully saturated rings. The van der Waals surface area contributed by atoms with E-state index < -0.39 is 0 Å². The van der Waals surface area contributed by atoms with Crippen LogP contribution in [-0.2, 0) is 0 Å². The van der Waals surface area contributed by atoms with Crippen LogP contribution in [0.15, 0.2) is 212 Å². The molecule has 10 aromatic rings. The van der Waals surface area contributed by atoms with Gasteiger partial charge in [-0.05, 0) is 68.4 Å². The fraction of sp³-hybridized carbons (Fsp3) is 0. The lowest BCUT2D eigenvalue weighted by atomic mass is 9.92. The van der Waals surface area contributed by atoms with Gasteiger partial charge in [0.25, 0.3) is 0 Å². The third-order valence-corrected chi connectivity index (χ3v) is 10.5.